The number of hydrogen-bond donors (Lipinski definition) is 4. The molecule has 0 aliphatic carbocycles. The summed E-state index contributed by atoms with van der Waals surface area (Å²) in [6.07, 6.45) is 4.68. The van der Waals surface area contributed by atoms with Crippen molar-refractivity contribution >= 4 is 5.91 Å². The monoisotopic (exact) mass is 289 g/mol. The van der Waals surface area contributed by atoms with Crippen LogP contribution in [0.3, 0.4) is 0 Å². The first kappa shape index (κ1) is 15.1. The summed E-state index contributed by atoms with van der Waals surface area (Å²) >= 11 is 0. The minimum atomic E-state index is -0.322. The van der Waals surface area contributed by atoms with Crippen LogP contribution in [0.5, 0.6) is 5.75 Å². The Kier molecular flexibility index (Phi) is 5.34. The normalized spacial score (nSPS) is 12.0. The van der Waals surface area contributed by atoms with E-state index in [-0.39, 0.29) is 24.3 Å². The first-order valence-corrected chi connectivity index (χ1v) is 6.82. The van der Waals surface area contributed by atoms with E-state index >= 15 is 0 Å². The van der Waals surface area contributed by atoms with Crippen LogP contribution in [0.15, 0.2) is 36.8 Å². The van der Waals surface area contributed by atoms with Crippen molar-refractivity contribution in [3.05, 3.63) is 48.0 Å². The molecule has 0 spiro atoms. The number of aromatic amines is 1. The van der Waals surface area contributed by atoms with Gasteiger partial charge in [-0.15, -0.1) is 0 Å². The quantitative estimate of drug-likeness (QED) is 0.605. The van der Waals surface area contributed by atoms with Gasteiger partial charge in [0.25, 0.3) is 0 Å². The Morgan fingerprint density at radius 1 is 1.33 bits per heavy atom. The Labute approximate surface area is 122 Å². The number of phenolic OH excluding ortho intramolecular Hbond substituents is 1. The molecular weight excluding hydrogens is 270 g/mol. The Hall–Kier alpha value is -2.34. The molecule has 2 aromatic rings. The number of phenols is 1. The van der Waals surface area contributed by atoms with Crippen molar-refractivity contribution in [3.63, 3.8) is 0 Å². The molecule has 4 N–H and O–H groups in total. The molecule has 1 atom stereocenters. The van der Waals surface area contributed by atoms with E-state index in [9.17, 15) is 15.0 Å². The first-order chi connectivity index (χ1) is 10.2. The van der Waals surface area contributed by atoms with Gasteiger partial charge in [-0.05, 0) is 24.1 Å². The summed E-state index contributed by atoms with van der Waals surface area (Å²) in [5.41, 5.74) is 1.85. The summed E-state index contributed by atoms with van der Waals surface area (Å²) in [7, 11) is 0. The molecule has 1 aromatic carbocycles. The summed E-state index contributed by atoms with van der Waals surface area (Å²) in [6.45, 7) is -0.121. The zero-order valence-electron chi connectivity index (χ0n) is 11.6. The van der Waals surface area contributed by atoms with Gasteiger partial charge in [-0.2, -0.15) is 0 Å². The third-order valence-electron chi connectivity index (χ3n) is 3.18. The van der Waals surface area contributed by atoms with Crippen molar-refractivity contribution < 1.29 is 15.0 Å². The molecule has 0 saturated heterocycles. The highest BCUT2D eigenvalue weighted by Crippen LogP contribution is 2.11. The number of carbonyl (C=O) groups excluding carboxylic acids is 1. The topological polar surface area (TPSA) is 98.2 Å². The summed E-state index contributed by atoms with van der Waals surface area (Å²) in [6, 6.07) is 6.45. The number of hydrogen-bond acceptors (Lipinski definition) is 4. The van der Waals surface area contributed by atoms with Crippen molar-refractivity contribution in [1.29, 1.82) is 0 Å². The Bertz CT molecular complexity index is 552. The lowest BCUT2D eigenvalue weighted by molar-refractivity contribution is -0.122. The molecule has 2 rings (SSSR count). The lowest BCUT2D eigenvalue weighted by Crippen LogP contribution is -2.39. The molecule has 6 heteroatoms. The van der Waals surface area contributed by atoms with Crippen LogP contribution >= 0.6 is 0 Å². The summed E-state index contributed by atoms with van der Waals surface area (Å²) < 4.78 is 0. The number of aromatic hydroxyl groups is 1. The number of rotatable bonds is 7. The van der Waals surface area contributed by atoms with Gasteiger partial charge in [-0.1, -0.05) is 12.1 Å². The molecule has 0 aliphatic heterocycles. The van der Waals surface area contributed by atoms with Crippen LogP contribution in [-0.4, -0.2) is 38.7 Å². The van der Waals surface area contributed by atoms with Crippen LogP contribution in [0.4, 0.5) is 0 Å². The number of benzene rings is 1. The molecule has 21 heavy (non-hydrogen) atoms. The lowest BCUT2D eigenvalue weighted by Gasteiger charge is -2.15. The molecule has 1 aromatic heterocycles. The second-order valence-electron chi connectivity index (χ2n) is 4.89. The van der Waals surface area contributed by atoms with Crippen molar-refractivity contribution in [2.45, 2.75) is 25.3 Å². The third kappa shape index (κ3) is 4.92. The average Bonchev–Trinajstić information content (AvgIpc) is 2.99. The molecule has 112 valence electrons. The smallest absolute Gasteiger partial charge is 0.220 e. The van der Waals surface area contributed by atoms with E-state index in [0.717, 1.165) is 11.3 Å². The first-order valence-electron chi connectivity index (χ1n) is 6.82. The minimum Gasteiger partial charge on any atom is -0.508 e. The van der Waals surface area contributed by atoms with Gasteiger partial charge in [0.2, 0.25) is 5.91 Å². The molecule has 1 amide bonds. The Balaban J connectivity index is 1.78. The fraction of sp³-hybridized carbons (Fsp3) is 0.333. The number of aliphatic hydroxyl groups excluding tert-OH is 1. The summed E-state index contributed by atoms with van der Waals surface area (Å²) in [5.74, 6) is 0.102. The second-order valence-corrected chi connectivity index (χ2v) is 4.89. The fourth-order valence-electron chi connectivity index (χ4n) is 2.04. The molecule has 6 nitrogen and oxygen atoms in total. The molecular formula is C15H19N3O3. The van der Waals surface area contributed by atoms with Gasteiger partial charge in [0, 0.05) is 24.7 Å². The third-order valence-corrected chi connectivity index (χ3v) is 3.18. The second kappa shape index (κ2) is 7.44. The molecule has 1 unspecified atom stereocenters. The van der Waals surface area contributed by atoms with Crippen molar-refractivity contribution in [3.8, 4) is 5.75 Å². The van der Waals surface area contributed by atoms with E-state index in [1.807, 2.05) is 0 Å². The van der Waals surface area contributed by atoms with Crippen LogP contribution in [0, 0.1) is 0 Å². The van der Waals surface area contributed by atoms with Crippen molar-refractivity contribution in [2.75, 3.05) is 6.61 Å². The zero-order valence-corrected chi connectivity index (χ0v) is 11.6. The highest BCUT2D eigenvalue weighted by molar-refractivity contribution is 5.76. The summed E-state index contributed by atoms with van der Waals surface area (Å²) in [5, 5.41) is 21.3. The van der Waals surface area contributed by atoms with Crippen molar-refractivity contribution in [1.82, 2.24) is 15.3 Å². The predicted molar refractivity (Wildman–Crippen MR) is 77.7 cm³/mol. The summed E-state index contributed by atoms with van der Waals surface area (Å²) in [4.78, 5) is 18.7. The molecule has 0 bridgehead atoms. The van der Waals surface area contributed by atoms with Gasteiger partial charge < -0.3 is 20.5 Å². The maximum absolute atomic E-state index is 11.9. The maximum atomic E-state index is 11.9. The van der Waals surface area contributed by atoms with E-state index in [0.29, 0.717) is 19.3 Å². The van der Waals surface area contributed by atoms with E-state index in [1.54, 1.807) is 36.8 Å². The lowest BCUT2D eigenvalue weighted by atomic mass is 10.1. The van der Waals surface area contributed by atoms with E-state index in [1.165, 1.54) is 0 Å². The minimum absolute atomic E-state index is 0.110. The molecule has 0 radical (unpaired) electrons. The maximum Gasteiger partial charge on any atom is 0.220 e. The van der Waals surface area contributed by atoms with Crippen LogP contribution in [-0.2, 0) is 17.6 Å². The SMILES string of the molecule is O=C(CCc1ccc(O)cc1)NC(CO)Cc1cnc[nH]1. The molecule has 1 heterocycles. The Morgan fingerprint density at radius 2 is 2.10 bits per heavy atom. The largest absolute Gasteiger partial charge is 0.508 e. The van der Waals surface area contributed by atoms with Gasteiger partial charge in [0.05, 0.1) is 19.0 Å². The van der Waals surface area contributed by atoms with Crippen LogP contribution < -0.4 is 5.32 Å². The fourth-order valence-corrected chi connectivity index (χ4v) is 2.04. The molecule has 0 saturated carbocycles. The number of amides is 1. The predicted octanol–water partition coefficient (Wildman–Crippen LogP) is 0.768. The van der Waals surface area contributed by atoms with E-state index in [4.69, 9.17) is 0 Å². The van der Waals surface area contributed by atoms with E-state index in [2.05, 4.69) is 15.3 Å². The number of H-pyrrole nitrogens is 1. The zero-order chi connectivity index (χ0) is 15.1. The highest BCUT2D eigenvalue weighted by atomic mass is 16.3. The van der Waals surface area contributed by atoms with Crippen molar-refractivity contribution in [2.24, 2.45) is 0 Å². The number of imidazole rings is 1. The van der Waals surface area contributed by atoms with Crippen LogP contribution in [0.25, 0.3) is 0 Å². The van der Waals surface area contributed by atoms with Gasteiger partial charge in [0.15, 0.2) is 0 Å². The number of carbonyl (C=O) groups is 1. The van der Waals surface area contributed by atoms with Gasteiger partial charge in [-0.25, -0.2) is 4.98 Å². The van der Waals surface area contributed by atoms with Gasteiger partial charge in [-0.3, -0.25) is 4.79 Å². The molecule has 0 fully saturated rings. The standard InChI is InChI=1S/C15H19N3O3/c19-9-13(7-12-8-16-10-17-12)18-15(21)6-3-11-1-4-14(20)5-2-11/h1-2,4-5,8,10,13,19-20H,3,6-7,9H2,(H,16,17)(H,18,21). The number of nitrogens with one attached hydrogen (secondary N) is 2. The number of nitrogens with zero attached hydrogens (tertiary/aromatic N) is 1. The number of aliphatic hydroxyl groups is 1. The molecule has 0 aliphatic rings. The van der Waals surface area contributed by atoms with Gasteiger partial charge in [0.1, 0.15) is 5.75 Å². The number of aromatic nitrogens is 2. The van der Waals surface area contributed by atoms with Crippen LogP contribution in [0.1, 0.15) is 17.7 Å². The number of aryl methyl sites for hydroxylation is 1. The highest BCUT2D eigenvalue weighted by Gasteiger charge is 2.12. The van der Waals surface area contributed by atoms with E-state index < -0.39 is 0 Å². The van der Waals surface area contributed by atoms with Crippen LogP contribution in [0.2, 0.25) is 0 Å². The Morgan fingerprint density at radius 3 is 2.71 bits per heavy atom. The van der Waals surface area contributed by atoms with Gasteiger partial charge >= 0.3 is 0 Å². The average molecular weight is 289 g/mol.